The zero-order chi connectivity index (χ0) is 13.0. The van der Waals surface area contributed by atoms with Crippen molar-refractivity contribution in [3.05, 3.63) is 59.5 Å². The minimum Gasteiger partial charge on any atom is -0.141 e. The summed E-state index contributed by atoms with van der Waals surface area (Å²) < 4.78 is 1.37. The molecule has 0 aliphatic carbocycles. The summed E-state index contributed by atoms with van der Waals surface area (Å²) >= 11 is 1.86. The Balaban J connectivity index is 0.000000574. The van der Waals surface area contributed by atoms with E-state index in [0.717, 1.165) is 0 Å². The average Bonchev–Trinajstić information content (AvgIpc) is 2.81. The van der Waals surface area contributed by atoms with Crippen molar-refractivity contribution in [3.63, 3.8) is 0 Å². The lowest BCUT2D eigenvalue weighted by Gasteiger charge is -2.00. The Bertz CT molecular complexity index is 620. The molecule has 1 heterocycles. The molecule has 1 aromatic heterocycles. The van der Waals surface area contributed by atoms with Gasteiger partial charge in [-0.15, -0.1) is 11.3 Å². The first-order valence-electron chi connectivity index (χ1n) is 6.38. The smallest absolute Gasteiger partial charge is 0.0345 e. The van der Waals surface area contributed by atoms with Crippen molar-refractivity contribution in [1.29, 1.82) is 0 Å². The predicted octanol–water partition coefficient (Wildman–Crippen LogP) is 5.90. The van der Waals surface area contributed by atoms with Crippen molar-refractivity contribution in [2.24, 2.45) is 0 Å². The second kappa shape index (κ2) is 5.83. The average molecular weight is 254 g/mol. The van der Waals surface area contributed by atoms with Gasteiger partial charge in [-0.25, -0.2) is 0 Å². The number of fused-ring (bicyclic) bond motifs is 1. The van der Waals surface area contributed by atoms with E-state index in [0.29, 0.717) is 0 Å². The van der Waals surface area contributed by atoms with Crippen molar-refractivity contribution in [3.8, 4) is 11.1 Å². The molecule has 0 saturated carbocycles. The quantitative estimate of drug-likeness (QED) is 0.507. The fourth-order valence-corrected chi connectivity index (χ4v) is 2.89. The minimum atomic E-state index is 1.29. The lowest BCUT2D eigenvalue weighted by molar-refractivity contribution is 1.50. The summed E-state index contributed by atoms with van der Waals surface area (Å²) in [4.78, 5) is 1.38. The maximum atomic E-state index is 2.27. The third kappa shape index (κ3) is 2.62. The second-order valence-electron chi connectivity index (χ2n) is 3.98. The Hall–Kier alpha value is -1.60. The van der Waals surface area contributed by atoms with Crippen LogP contribution in [0.15, 0.2) is 54.6 Å². The number of aryl methyl sites for hydroxylation is 1. The molecule has 1 heteroatoms. The molecule has 0 aliphatic heterocycles. The van der Waals surface area contributed by atoms with Gasteiger partial charge in [0.2, 0.25) is 0 Å². The fraction of sp³-hybridized carbons (Fsp3) is 0.176. The van der Waals surface area contributed by atoms with Crippen molar-refractivity contribution in [2.75, 3.05) is 0 Å². The summed E-state index contributed by atoms with van der Waals surface area (Å²) in [5, 5.41) is 1.35. The predicted molar refractivity (Wildman–Crippen MR) is 83.3 cm³/mol. The van der Waals surface area contributed by atoms with E-state index in [1.807, 2.05) is 25.2 Å². The maximum Gasteiger partial charge on any atom is 0.0345 e. The number of hydrogen-bond acceptors (Lipinski definition) is 1. The molecule has 0 saturated heterocycles. The standard InChI is InChI=1S/C15H12S.C2H6/c1-11-9-14-10-13(7-8-15(14)16-11)12-5-3-2-4-6-12;1-2/h2-10H,1H3;1-2H3. The number of benzene rings is 2. The second-order valence-corrected chi connectivity index (χ2v) is 5.26. The van der Waals surface area contributed by atoms with Crippen LogP contribution in [-0.2, 0) is 0 Å². The van der Waals surface area contributed by atoms with E-state index in [9.17, 15) is 0 Å². The van der Waals surface area contributed by atoms with Gasteiger partial charge >= 0.3 is 0 Å². The Morgan fingerprint density at radius 2 is 1.50 bits per heavy atom. The van der Waals surface area contributed by atoms with Crippen molar-refractivity contribution < 1.29 is 0 Å². The van der Waals surface area contributed by atoms with Crippen molar-refractivity contribution in [1.82, 2.24) is 0 Å². The van der Waals surface area contributed by atoms with Gasteiger partial charge in [0.05, 0.1) is 0 Å². The minimum absolute atomic E-state index is 1.29. The van der Waals surface area contributed by atoms with Gasteiger partial charge < -0.3 is 0 Å². The summed E-state index contributed by atoms with van der Waals surface area (Å²) in [6, 6.07) is 19.5. The summed E-state index contributed by atoms with van der Waals surface area (Å²) in [6.45, 7) is 6.16. The summed E-state index contributed by atoms with van der Waals surface area (Å²) in [5.41, 5.74) is 2.58. The summed E-state index contributed by atoms with van der Waals surface area (Å²) in [6.07, 6.45) is 0. The van der Waals surface area contributed by atoms with Crippen LogP contribution in [0.5, 0.6) is 0 Å². The van der Waals surface area contributed by atoms with Crippen LogP contribution in [0.3, 0.4) is 0 Å². The van der Waals surface area contributed by atoms with E-state index in [1.54, 1.807) is 0 Å². The van der Waals surface area contributed by atoms with Crippen LogP contribution >= 0.6 is 11.3 Å². The molecule has 0 aliphatic rings. The van der Waals surface area contributed by atoms with E-state index in [4.69, 9.17) is 0 Å². The van der Waals surface area contributed by atoms with Gasteiger partial charge in [0.25, 0.3) is 0 Å². The van der Waals surface area contributed by atoms with Crippen molar-refractivity contribution >= 4 is 21.4 Å². The third-order valence-corrected chi connectivity index (χ3v) is 3.78. The molecule has 0 amide bonds. The Morgan fingerprint density at radius 3 is 2.22 bits per heavy atom. The topological polar surface area (TPSA) is 0 Å². The van der Waals surface area contributed by atoms with Crippen LogP contribution in [0.4, 0.5) is 0 Å². The SMILES string of the molecule is CC.Cc1cc2cc(-c3ccccc3)ccc2s1. The highest BCUT2D eigenvalue weighted by molar-refractivity contribution is 7.19. The Labute approximate surface area is 113 Å². The van der Waals surface area contributed by atoms with Gasteiger partial charge in [-0.2, -0.15) is 0 Å². The first-order chi connectivity index (χ1) is 8.83. The van der Waals surface area contributed by atoms with Crippen LogP contribution < -0.4 is 0 Å². The van der Waals surface area contributed by atoms with E-state index >= 15 is 0 Å². The van der Waals surface area contributed by atoms with Crippen molar-refractivity contribution in [2.45, 2.75) is 20.8 Å². The van der Waals surface area contributed by atoms with E-state index in [2.05, 4.69) is 61.5 Å². The molecular weight excluding hydrogens is 236 g/mol. The monoisotopic (exact) mass is 254 g/mol. The van der Waals surface area contributed by atoms with Gasteiger partial charge in [0.15, 0.2) is 0 Å². The molecule has 0 N–H and O–H groups in total. The van der Waals surface area contributed by atoms with Gasteiger partial charge in [-0.3, -0.25) is 0 Å². The third-order valence-electron chi connectivity index (χ3n) is 2.75. The maximum absolute atomic E-state index is 2.27. The zero-order valence-electron chi connectivity index (χ0n) is 11.1. The molecule has 18 heavy (non-hydrogen) atoms. The molecular formula is C17H18S. The van der Waals surface area contributed by atoms with E-state index in [1.165, 1.54) is 26.1 Å². The van der Waals surface area contributed by atoms with Gasteiger partial charge in [0.1, 0.15) is 0 Å². The molecule has 0 radical (unpaired) electrons. The zero-order valence-corrected chi connectivity index (χ0v) is 11.9. The molecule has 2 aromatic carbocycles. The van der Waals surface area contributed by atoms with Gasteiger partial charge in [0, 0.05) is 9.58 Å². The molecule has 0 spiro atoms. The molecule has 3 aromatic rings. The number of thiophene rings is 1. The van der Waals surface area contributed by atoms with Crippen LogP contribution in [0.2, 0.25) is 0 Å². The van der Waals surface area contributed by atoms with Crippen LogP contribution in [-0.4, -0.2) is 0 Å². The fourth-order valence-electron chi connectivity index (χ4n) is 1.99. The van der Waals surface area contributed by atoms with Crippen LogP contribution in [0, 0.1) is 6.92 Å². The Morgan fingerprint density at radius 1 is 0.778 bits per heavy atom. The lowest BCUT2D eigenvalue weighted by atomic mass is 10.0. The molecule has 3 rings (SSSR count). The molecule has 0 unspecified atom stereocenters. The van der Waals surface area contributed by atoms with E-state index in [-0.39, 0.29) is 0 Å². The Kier molecular flexibility index (Phi) is 4.16. The first kappa shape index (κ1) is 12.8. The van der Waals surface area contributed by atoms with Gasteiger partial charge in [-0.1, -0.05) is 50.2 Å². The van der Waals surface area contributed by atoms with Gasteiger partial charge in [-0.05, 0) is 41.6 Å². The molecule has 92 valence electrons. The highest BCUT2D eigenvalue weighted by Crippen LogP contribution is 2.29. The van der Waals surface area contributed by atoms with Crippen LogP contribution in [0.25, 0.3) is 21.2 Å². The lowest BCUT2D eigenvalue weighted by Crippen LogP contribution is -1.75. The normalized spacial score (nSPS) is 9.94. The number of hydrogen-bond donors (Lipinski definition) is 0. The number of rotatable bonds is 1. The highest BCUT2D eigenvalue weighted by Gasteiger charge is 2.01. The van der Waals surface area contributed by atoms with Crippen LogP contribution in [0.1, 0.15) is 18.7 Å². The van der Waals surface area contributed by atoms with E-state index < -0.39 is 0 Å². The highest BCUT2D eigenvalue weighted by atomic mass is 32.1. The summed E-state index contributed by atoms with van der Waals surface area (Å²) in [7, 11) is 0. The molecule has 0 bridgehead atoms. The molecule has 0 atom stereocenters. The first-order valence-corrected chi connectivity index (χ1v) is 7.20. The molecule has 0 nitrogen and oxygen atoms in total. The largest absolute Gasteiger partial charge is 0.141 e. The summed E-state index contributed by atoms with van der Waals surface area (Å²) in [5.74, 6) is 0. The molecule has 0 fully saturated rings.